The maximum Gasteiger partial charge on any atom is 0.125 e. The van der Waals surface area contributed by atoms with Crippen LogP contribution in [0.15, 0.2) is 6.20 Å². The zero-order valence-electron chi connectivity index (χ0n) is 11.7. The van der Waals surface area contributed by atoms with Crippen LogP contribution in [0.3, 0.4) is 0 Å². The van der Waals surface area contributed by atoms with Crippen molar-refractivity contribution < 1.29 is 4.74 Å². The molecular formula is C14H24N2OS. The molecule has 0 amide bonds. The third-order valence-electron chi connectivity index (χ3n) is 3.65. The van der Waals surface area contributed by atoms with E-state index in [1.165, 1.54) is 17.7 Å². The van der Waals surface area contributed by atoms with E-state index < -0.39 is 0 Å². The normalized spacial score (nSPS) is 16.2. The van der Waals surface area contributed by atoms with Crippen molar-refractivity contribution in [3.8, 4) is 0 Å². The molecule has 1 aromatic rings. The van der Waals surface area contributed by atoms with Gasteiger partial charge in [0.15, 0.2) is 0 Å². The fraction of sp³-hybridized carbons (Fsp3) is 0.786. The lowest BCUT2D eigenvalue weighted by Crippen LogP contribution is -2.28. The molecule has 0 spiro atoms. The molecule has 1 aliphatic rings. The molecule has 0 atom stereocenters. The molecule has 1 aliphatic carbocycles. The number of nitrogens with zero attached hydrogens (tertiary/aromatic N) is 1. The second-order valence-electron chi connectivity index (χ2n) is 4.92. The summed E-state index contributed by atoms with van der Waals surface area (Å²) in [5.41, 5.74) is -0.169. The van der Waals surface area contributed by atoms with Crippen LogP contribution in [0.1, 0.15) is 56.3 Å². The van der Waals surface area contributed by atoms with E-state index in [0.29, 0.717) is 0 Å². The van der Waals surface area contributed by atoms with Crippen LogP contribution >= 0.6 is 11.3 Å². The minimum absolute atomic E-state index is 0.169. The molecule has 0 radical (unpaired) electrons. The molecule has 0 saturated heterocycles. The Morgan fingerprint density at radius 1 is 1.39 bits per heavy atom. The second kappa shape index (κ2) is 6.13. The maximum absolute atomic E-state index is 5.99. The Labute approximate surface area is 114 Å². The molecule has 0 unspecified atom stereocenters. The Balaban J connectivity index is 2.04. The molecule has 0 aromatic carbocycles. The molecule has 2 rings (SSSR count). The van der Waals surface area contributed by atoms with Crippen molar-refractivity contribution in [3.05, 3.63) is 16.1 Å². The highest BCUT2D eigenvalue weighted by molar-refractivity contribution is 7.11. The van der Waals surface area contributed by atoms with Gasteiger partial charge >= 0.3 is 0 Å². The van der Waals surface area contributed by atoms with Gasteiger partial charge in [-0.1, -0.05) is 13.8 Å². The molecular weight excluding hydrogens is 244 g/mol. The smallest absolute Gasteiger partial charge is 0.125 e. The number of thiazole rings is 1. The first kappa shape index (κ1) is 14.0. The average Bonchev–Trinajstić information content (AvgIpc) is 3.11. The first-order valence-corrected chi connectivity index (χ1v) is 7.88. The third-order valence-corrected chi connectivity index (χ3v) is 4.83. The number of hydrogen-bond donors (Lipinski definition) is 1. The predicted octanol–water partition coefficient (Wildman–Crippen LogP) is 3.45. The van der Waals surface area contributed by atoms with Crippen LogP contribution in [-0.4, -0.2) is 17.6 Å². The summed E-state index contributed by atoms with van der Waals surface area (Å²) in [4.78, 5) is 5.92. The fourth-order valence-corrected chi connectivity index (χ4v) is 3.38. The molecule has 1 N–H and O–H groups in total. The maximum atomic E-state index is 5.99. The van der Waals surface area contributed by atoms with Crippen molar-refractivity contribution in [2.24, 2.45) is 0 Å². The molecule has 1 saturated carbocycles. The lowest BCUT2D eigenvalue weighted by molar-refractivity contribution is -0.0506. The minimum Gasteiger partial charge on any atom is -0.368 e. The van der Waals surface area contributed by atoms with Gasteiger partial charge in [-0.2, -0.15) is 0 Å². The number of ether oxygens (including phenoxy) is 1. The number of nitrogens with one attached hydrogen (secondary N) is 1. The Kier molecular flexibility index (Phi) is 4.76. The predicted molar refractivity (Wildman–Crippen MR) is 75.9 cm³/mol. The van der Waals surface area contributed by atoms with Crippen LogP contribution in [-0.2, 0) is 16.9 Å². The van der Waals surface area contributed by atoms with E-state index >= 15 is 0 Å². The van der Waals surface area contributed by atoms with Crippen molar-refractivity contribution >= 4 is 11.3 Å². The topological polar surface area (TPSA) is 34.1 Å². The standard InChI is InChI=1S/C14H24N2OS/c1-4-14(5-2,17-6-3)13-16-10-12(18-13)9-15-11-7-8-11/h10-11,15H,4-9H2,1-3H3. The van der Waals surface area contributed by atoms with Gasteiger partial charge in [0.25, 0.3) is 0 Å². The molecule has 0 aliphatic heterocycles. The molecule has 4 heteroatoms. The zero-order valence-corrected chi connectivity index (χ0v) is 12.5. The lowest BCUT2D eigenvalue weighted by Gasteiger charge is -2.29. The van der Waals surface area contributed by atoms with Crippen molar-refractivity contribution in [2.75, 3.05) is 6.61 Å². The van der Waals surface area contributed by atoms with Gasteiger partial charge in [0.2, 0.25) is 0 Å². The van der Waals surface area contributed by atoms with E-state index in [0.717, 1.165) is 37.0 Å². The zero-order chi connectivity index (χ0) is 13.0. The first-order valence-electron chi connectivity index (χ1n) is 7.06. The molecule has 1 fully saturated rings. The Morgan fingerprint density at radius 3 is 2.67 bits per heavy atom. The van der Waals surface area contributed by atoms with Gasteiger partial charge in [-0.05, 0) is 32.6 Å². The molecule has 1 heterocycles. The van der Waals surface area contributed by atoms with Crippen molar-refractivity contribution in [1.29, 1.82) is 0 Å². The van der Waals surface area contributed by atoms with Crippen LogP contribution in [0.25, 0.3) is 0 Å². The summed E-state index contributed by atoms with van der Waals surface area (Å²) in [5.74, 6) is 0. The summed E-state index contributed by atoms with van der Waals surface area (Å²) >= 11 is 1.80. The van der Waals surface area contributed by atoms with Gasteiger partial charge in [0, 0.05) is 30.3 Å². The van der Waals surface area contributed by atoms with E-state index in [1.54, 1.807) is 11.3 Å². The van der Waals surface area contributed by atoms with E-state index in [9.17, 15) is 0 Å². The highest BCUT2D eigenvalue weighted by atomic mass is 32.1. The third kappa shape index (κ3) is 3.11. The second-order valence-corrected chi connectivity index (χ2v) is 6.04. The largest absolute Gasteiger partial charge is 0.368 e. The van der Waals surface area contributed by atoms with Gasteiger partial charge in [-0.15, -0.1) is 11.3 Å². The molecule has 18 heavy (non-hydrogen) atoms. The van der Waals surface area contributed by atoms with Crippen LogP contribution in [0.5, 0.6) is 0 Å². The summed E-state index contributed by atoms with van der Waals surface area (Å²) in [5, 5.41) is 4.68. The van der Waals surface area contributed by atoms with Crippen LogP contribution < -0.4 is 5.32 Å². The highest BCUT2D eigenvalue weighted by Gasteiger charge is 2.32. The summed E-state index contributed by atoms with van der Waals surface area (Å²) in [7, 11) is 0. The summed E-state index contributed by atoms with van der Waals surface area (Å²) in [6, 6.07) is 0.754. The lowest BCUT2D eigenvalue weighted by atomic mass is 9.98. The van der Waals surface area contributed by atoms with Gasteiger partial charge in [0.05, 0.1) is 0 Å². The fourth-order valence-electron chi connectivity index (χ4n) is 2.23. The van der Waals surface area contributed by atoms with Crippen molar-refractivity contribution in [2.45, 2.75) is 64.6 Å². The minimum atomic E-state index is -0.169. The van der Waals surface area contributed by atoms with E-state index in [2.05, 4.69) is 31.1 Å². The molecule has 1 aromatic heterocycles. The number of hydrogen-bond acceptors (Lipinski definition) is 4. The summed E-state index contributed by atoms with van der Waals surface area (Å²) in [6.07, 6.45) is 6.64. The van der Waals surface area contributed by atoms with Crippen molar-refractivity contribution in [1.82, 2.24) is 10.3 Å². The quantitative estimate of drug-likeness (QED) is 0.784. The molecule has 0 bridgehead atoms. The van der Waals surface area contributed by atoms with Gasteiger partial charge in [-0.25, -0.2) is 4.98 Å². The van der Waals surface area contributed by atoms with Crippen LogP contribution in [0, 0.1) is 0 Å². The Hall–Kier alpha value is -0.450. The average molecular weight is 268 g/mol. The monoisotopic (exact) mass is 268 g/mol. The Bertz CT molecular complexity index is 370. The highest BCUT2D eigenvalue weighted by Crippen LogP contribution is 2.35. The van der Waals surface area contributed by atoms with E-state index in [-0.39, 0.29) is 5.60 Å². The van der Waals surface area contributed by atoms with Gasteiger partial charge in [-0.3, -0.25) is 0 Å². The van der Waals surface area contributed by atoms with Crippen molar-refractivity contribution in [3.63, 3.8) is 0 Å². The SMILES string of the molecule is CCOC(CC)(CC)c1ncc(CNC2CC2)s1. The number of rotatable bonds is 8. The van der Waals surface area contributed by atoms with Gasteiger partial charge in [0.1, 0.15) is 10.6 Å². The summed E-state index contributed by atoms with van der Waals surface area (Å²) < 4.78 is 5.99. The first-order chi connectivity index (χ1) is 8.74. The van der Waals surface area contributed by atoms with Crippen LogP contribution in [0.2, 0.25) is 0 Å². The number of aromatic nitrogens is 1. The molecule has 102 valence electrons. The summed E-state index contributed by atoms with van der Waals surface area (Å²) in [6.45, 7) is 8.13. The van der Waals surface area contributed by atoms with E-state index in [1.807, 2.05) is 6.20 Å². The van der Waals surface area contributed by atoms with Crippen LogP contribution in [0.4, 0.5) is 0 Å². The van der Waals surface area contributed by atoms with E-state index in [4.69, 9.17) is 4.74 Å². The molecule has 3 nitrogen and oxygen atoms in total. The van der Waals surface area contributed by atoms with Gasteiger partial charge < -0.3 is 10.1 Å². The Morgan fingerprint density at radius 2 is 2.11 bits per heavy atom.